The second kappa shape index (κ2) is 11.3. The molecule has 0 aromatic heterocycles. The van der Waals surface area contributed by atoms with Gasteiger partial charge in [-0.3, -0.25) is 28.3 Å². The summed E-state index contributed by atoms with van der Waals surface area (Å²) in [4.78, 5) is 44.4. The lowest BCUT2D eigenvalue weighted by Crippen LogP contribution is -2.15. The number of hydrogen-bond acceptors (Lipinski definition) is 8. The number of ketones is 2. The zero-order valence-corrected chi connectivity index (χ0v) is 20.6. The minimum Gasteiger partial charge on any atom is -0.326 e. The fourth-order valence-electron chi connectivity index (χ4n) is 2.99. The summed E-state index contributed by atoms with van der Waals surface area (Å²) in [5.74, 6) is -2.22. The summed E-state index contributed by atoms with van der Waals surface area (Å²) in [6, 6.07) is 6.92. The van der Waals surface area contributed by atoms with E-state index in [-0.39, 0.29) is 22.5 Å². The summed E-state index contributed by atoms with van der Waals surface area (Å²) < 4.78 is 66.8. The van der Waals surface area contributed by atoms with Gasteiger partial charge >= 0.3 is 0 Å². The number of anilines is 2. The minimum absolute atomic E-state index is 0.0182. The Balaban J connectivity index is 2.46. The van der Waals surface area contributed by atoms with Crippen LogP contribution in [0.3, 0.4) is 0 Å². The molecule has 0 unspecified atom stereocenters. The number of carbonyl (C=O) groups excluding carboxylic acids is 4. The van der Waals surface area contributed by atoms with Crippen molar-refractivity contribution in [3.8, 4) is 0 Å². The molecule has 0 bridgehead atoms. The van der Waals surface area contributed by atoms with Gasteiger partial charge in [-0.1, -0.05) is 24.3 Å². The van der Waals surface area contributed by atoms with Crippen LogP contribution in [0.15, 0.2) is 46.2 Å². The molecule has 0 radical (unpaired) electrons. The highest BCUT2D eigenvalue weighted by Crippen LogP contribution is 2.26. The van der Waals surface area contributed by atoms with Gasteiger partial charge in [0.2, 0.25) is 11.8 Å². The molecule has 0 aliphatic rings. The van der Waals surface area contributed by atoms with Crippen molar-refractivity contribution in [3.63, 3.8) is 0 Å². The molecule has 0 saturated carbocycles. The predicted octanol–water partition coefficient (Wildman–Crippen LogP) is 2.19. The normalized spacial score (nSPS) is 11.8. The van der Waals surface area contributed by atoms with Gasteiger partial charge in [0.25, 0.3) is 20.2 Å². The zero-order chi connectivity index (χ0) is 27.3. The molecule has 2 aromatic rings. The van der Waals surface area contributed by atoms with Crippen molar-refractivity contribution in [2.45, 2.75) is 36.5 Å². The maximum absolute atomic E-state index is 11.9. The molecule has 12 nitrogen and oxygen atoms in total. The molecule has 0 saturated heterocycles. The molecule has 192 valence electrons. The van der Waals surface area contributed by atoms with Gasteiger partial charge in [-0.25, -0.2) is 0 Å². The van der Waals surface area contributed by atoms with Gasteiger partial charge in [-0.2, -0.15) is 16.8 Å². The van der Waals surface area contributed by atoms with Crippen molar-refractivity contribution in [2.75, 3.05) is 10.6 Å². The molecule has 2 aromatic carbocycles. The topological polar surface area (TPSA) is 201 Å². The van der Waals surface area contributed by atoms with Gasteiger partial charge < -0.3 is 10.6 Å². The molecule has 14 heteroatoms. The highest BCUT2D eigenvalue weighted by Gasteiger charge is 2.18. The van der Waals surface area contributed by atoms with E-state index < -0.39 is 66.2 Å². The van der Waals surface area contributed by atoms with Gasteiger partial charge in [0.1, 0.15) is 21.4 Å². The van der Waals surface area contributed by atoms with E-state index in [1.54, 1.807) is 0 Å². The lowest BCUT2D eigenvalue weighted by molar-refractivity contribution is -0.125. The van der Waals surface area contributed by atoms with Crippen LogP contribution in [-0.4, -0.2) is 49.3 Å². The van der Waals surface area contributed by atoms with Crippen molar-refractivity contribution in [1.82, 2.24) is 0 Å². The Morgan fingerprint density at radius 2 is 1.03 bits per heavy atom. The van der Waals surface area contributed by atoms with Crippen molar-refractivity contribution in [3.05, 3.63) is 47.5 Å². The fraction of sp³-hybridized carbons (Fsp3) is 0.182. The molecule has 0 aliphatic heterocycles. The molecule has 0 fully saturated rings. The van der Waals surface area contributed by atoms with E-state index in [9.17, 15) is 45.1 Å². The van der Waals surface area contributed by atoms with Gasteiger partial charge in [0.05, 0.1) is 12.8 Å². The summed E-state index contributed by atoms with van der Waals surface area (Å²) in [6.45, 7) is 2.40. The number of amides is 2. The maximum atomic E-state index is 11.9. The number of Topliss-reactive ketones (excluding diaryl/α,β-unsaturated/α-hetero) is 2. The Labute approximate surface area is 206 Å². The van der Waals surface area contributed by atoms with Crippen LogP contribution in [0, 0.1) is 0 Å². The van der Waals surface area contributed by atoms with E-state index in [0.29, 0.717) is 0 Å². The quantitative estimate of drug-likeness (QED) is 0.197. The molecule has 4 N–H and O–H groups in total. The SMILES string of the molecule is CC(=O)CC(=O)Nc1ccc(C=Cc2ccc(NC(=O)CC(C)=O)cc2S(=O)(=O)O)c(S(=O)(=O)O)c1. The van der Waals surface area contributed by atoms with Gasteiger partial charge in [0, 0.05) is 11.4 Å². The van der Waals surface area contributed by atoms with Crippen molar-refractivity contribution in [2.24, 2.45) is 0 Å². The Morgan fingerprint density at radius 3 is 1.31 bits per heavy atom. The highest BCUT2D eigenvalue weighted by atomic mass is 32.2. The molecule has 0 spiro atoms. The monoisotopic (exact) mass is 538 g/mol. The van der Waals surface area contributed by atoms with Crippen LogP contribution >= 0.6 is 0 Å². The highest BCUT2D eigenvalue weighted by molar-refractivity contribution is 7.86. The first-order valence-electron chi connectivity index (χ1n) is 10.1. The smallest absolute Gasteiger partial charge is 0.295 e. The van der Waals surface area contributed by atoms with Crippen molar-refractivity contribution in [1.29, 1.82) is 0 Å². The van der Waals surface area contributed by atoms with Gasteiger partial charge in [0.15, 0.2) is 0 Å². The van der Waals surface area contributed by atoms with E-state index >= 15 is 0 Å². The third-order valence-corrected chi connectivity index (χ3v) is 6.23. The van der Waals surface area contributed by atoms with E-state index in [4.69, 9.17) is 0 Å². The third-order valence-electron chi connectivity index (χ3n) is 4.41. The third kappa shape index (κ3) is 8.49. The van der Waals surface area contributed by atoms with E-state index in [1.807, 2.05) is 0 Å². The van der Waals surface area contributed by atoms with Crippen LogP contribution in [-0.2, 0) is 39.4 Å². The molecule has 2 rings (SSSR count). The summed E-state index contributed by atoms with van der Waals surface area (Å²) in [6.07, 6.45) is 1.41. The van der Waals surface area contributed by atoms with Crippen LogP contribution in [0.1, 0.15) is 37.8 Å². The minimum atomic E-state index is -4.80. The maximum Gasteiger partial charge on any atom is 0.295 e. The standard InChI is InChI=1S/C22H22N2O10S2/c1-13(25)9-21(27)23-17-7-5-15(19(11-17)35(29,30)31)3-4-16-6-8-18(12-20(16)36(32,33)34)24-22(28)10-14(2)26/h3-8,11-12H,9-10H2,1-2H3,(H,23,27)(H,24,28)(H,29,30,31)(H,32,33,34). The molecular formula is C22H22N2O10S2. The van der Waals surface area contributed by atoms with Gasteiger partial charge in [-0.15, -0.1) is 0 Å². The van der Waals surface area contributed by atoms with E-state index in [1.165, 1.54) is 38.1 Å². The number of rotatable bonds is 10. The summed E-state index contributed by atoms with van der Waals surface area (Å²) >= 11 is 0. The molecule has 0 atom stereocenters. The molecule has 36 heavy (non-hydrogen) atoms. The number of carbonyl (C=O) groups is 4. The van der Waals surface area contributed by atoms with Crippen LogP contribution < -0.4 is 10.6 Å². The van der Waals surface area contributed by atoms with E-state index in [0.717, 1.165) is 24.3 Å². The van der Waals surface area contributed by atoms with Crippen LogP contribution in [0.5, 0.6) is 0 Å². The van der Waals surface area contributed by atoms with Crippen molar-refractivity contribution < 1.29 is 45.1 Å². The lowest BCUT2D eigenvalue weighted by Gasteiger charge is -2.10. The molecule has 0 heterocycles. The first-order valence-corrected chi connectivity index (χ1v) is 12.9. The molecule has 2 amide bonds. The number of benzene rings is 2. The molecule has 0 aliphatic carbocycles. The molecular weight excluding hydrogens is 516 g/mol. The van der Waals surface area contributed by atoms with Crippen LogP contribution in [0.4, 0.5) is 11.4 Å². The summed E-state index contributed by atoms with van der Waals surface area (Å²) in [7, 11) is -9.60. The summed E-state index contributed by atoms with van der Waals surface area (Å²) in [5, 5.41) is 4.64. The largest absolute Gasteiger partial charge is 0.326 e. The second-order valence-electron chi connectivity index (χ2n) is 7.64. The first-order chi connectivity index (χ1) is 16.6. The Bertz CT molecular complexity index is 1360. The fourth-order valence-corrected chi connectivity index (χ4v) is 4.41. The predicted molar refractivity (Wildman–Crippen MR) is 129 cm³/mol. The number of nitrogens with one attached hydrogen (secondary N) is 2. The second-order valence-corrected chi connectivity index (χ2v) is 10.4. The Hall–Kier alpha value is -3.72. The zero-order valence-electron chi connectivity index (χ0n) is 19.0. The average Bonchev–Trinajstić information content (AvgIpc) is 2.70. The van der Waals surface area contributed by atoms with Crippen LogP contribution in [0.25, 0.3) is 12.2 Å². The first kappa shape index (κ1) is 28.5. The van der Waals surface area contributed by atoms with E-state index in [2.05, 4.69) is 10.6 Å². The summed E-state index contributed by atoms with van der Waals surface area (Å²) in [5.41, 5.74) is -0.227. The Kier molecular flexibility index (Phi) is 8.99. The lowest BCUT2D eigenvalue weighted by atomic mass is 10.1. The van der Waals surface area contributed by atoms with Gasteiger partial charge in [-0.05, 0) is 49.2 Å². The van der Waals surface area contributed by atoms with Crippen molar-refractivity contribution >= 4 is 67.1 Å². The average molecular weight is 539 g/mol. The van der Waals surface area contributed by atoms with Crippen LogP contribution in [0.2, 0.25) is 0 Å². The number of hydrogen-bond donors (Lipinski definition) is 4. The Morgan fingerprint density at radius 1 is 0.694 bits per heavy atom.